The van der Waals surface area contributed by atoms with Gasteiger partial charge in [0, 0.05) is 11.1 Å². The van der Waals surface area contributed by atoms with Crippen LogP contribution >= 0.6 is 11.6 Å². The molecule has 0 fully saturated rings. The number of carbonyl (C=O) groups excluding carboxylic acids is 2. The Labute approximate surface area is 128 Å². The lowest BCUT2D eigenvalue weighted by Gasteiger charge is -2.25. The van der Waals surface area contributed by atoms with Crippen LogP contribution in [-0.2, 0) is 9.53 Å². The average Bonchev–Trinajstić information content (AvgIpc) is 2.46. The third-order valence-corrected chi connectivity index (χ3v) is 3.37. The molecule has 0 radical (unpaired) electrons. The molecule has 0 N–H and O–H groups in total. The highest BCUT2D eigenvalue weighted by Gasteiger charge is 2.30. The largest absolute Gasteiger partial charge is 0.486 e. The summed E-state index contributed by atoms with van der Waals surface area (Å²) in [4.78, 5) is 24.0. The summed E-state index contributed by atoms with van der Waals surface area (Å²) >= 11 is 6.14. The third-order valence-electron chi connectivity index (χ3n) is 3.09. The fraction of sp³-hybridized carbons (Fsp3) is 0.467. The lowest BCUT2D eigenvalue weighted by molar-refractivity contribution is -0.137. The highest BCUT2D eigenvalue weighted by atomic mass is 35.5. The molecule has 0 atom stereocenters. The summed E-state index contributed by atoms with van der Waals surface area (Å²) in [6.07, 6.45) is 0. The molecule has 0 bridgehead atoms. The summed E-state index contributed by atoms with van der Waals surface area (Å²) in [5, 5.41) is 0.252. The van der Waals surface area contributed by atoms with Gasteiger partial charge in [0.05, 0.1) is 11.6 Å². The number of fused-ring (bicyclic) bond motifs is 1. The first-order valence-electron chi connectivity index (χ1n) is 6.80. The Kier molecular flexibility index (Phi) is 4.73. The van der Waals surface area contributed by atoms with Crippen LogP contribution in [0.15, 0.2) is 6.07 Å². The Hall–Kier alpha value is -1.75. The van der Waals surface area contributed by atoms with E-state index in [1.165, 1.54) is 6.07 Å². The van der Waals surface area contributed by atoms with Crippen molar-refractivity contribution in [2.24, 2.45) is 0 Å². The summed E-state index contributed by atoms with van der Waals surface area (Å²) < 4.78 is 15.9. The molecule has 2 rings (SSSR count). The van der Waals surface area contributed by atoms with Crippen molar-refractivity contribution in [3.63, 3.8) is 0 Å². The maximum Gasteiger partial charge on any atom is 0.379 e. The van der Waals surface area contributed by atoms with Crippen molar-refractivity contribution >= 4 is 23.4 Å². The monoisotopic (exact) mass is 312 g/mol. The van der Waals surface area contributed by atoms with E-state index in [-0.39, 0.29) is 23.1 Å². The standard InChI is InChI=1S/C15H17ClO5/c1-4-19-15(18)12(17)9-7-10(16)13-14(11(9)8(2)3)21-6-5-20-13/h7-8H,4-6H2,1-3H3. The lowest BCUT2D eigenvalue weighted by atomic mass is 9.93. The SMILES string of the molecule is CCOC(=O)C(=O)c1cc(Cl)c2c(c1C(C)C)OCCO2. The quantitative estimate of drug-likeness (QED) is 0.486. The van der Waals surface area contributed by atoms with Crippen molar-refractivity contribution in [3.05, 3.63) is 22.2 Å². The van der Waals surface area contributed by atoms with Crippen LogP contribution in [-0.4, -0.2) is 31.6 Å². The van der Waals surface area contributed by atoms with Crippen LogP contribution in [0.5, 0.6) is 11.5 Å². The smallest absolute Gasteiger partial charge is 0.379 e. The van der Waals surface area contributed by atoms with E-state index in [0.717, 1.165) is 0 Å². The normalized spacial score (nSPS) is 13.2. The number of rotatable bonds is 4. The van der Waals surface area contributed by atoms with Crippen molar-refractivity contribution in [2.45, 2.75) is 26.7 Å². The van der Waals surface area contributed by atoms with Crippen LogP contribution in [0.2, 0.25) is 5.02 Å². The second-order valence-corrected chi connectivity index (χ2v) is 5.29. The lowest BCUT2D eigenvalue weighted by Crippen LogP contribution is -2.23. The van der Waals surface area contributed by atoms with Crippen LogP contribution in [0.4, 0.5) is 0 Å². The van der Waals surface area contributed by atoms with Gasteiger partial charge in [-0.05, 0) is 18.9 Å². The maximum absolute atomic E-state index is 12.3. The van der Waals surface area contributed by atoms with Crippen molar-refractivity contribution in [1.29, 1.82) is 0 Å². The summed E-state index contributed by atoms with van der Waals surface area (Å²) in [5.74, 6) is -0.791. The molecule has 1 aromatic rings. The maximum atomic E-state index is 12.3. The number of ketones is 1. The number of halogens is 1. The number of hydrogen-bond acceptors (Lipinski definition) is 5. The highest BCUT2D eigenvalue weighted by Crippen LogP contribution is 2.45. The number of benzene rings is 1. The fourth-order valence-corrected chi connectivity index (χ4v) is 2.51. The van der Waals surface area contributed by atoms with Crippen molar-refractivity contribution < 1.29 is 23.8 Å². The van der Waals surface area contributed by atoms with E-state index in [2.05, 4.69) is 0 Å². The molecule has 1 heterocycles. The molecule has 1 aliphatic heterocycles. The van der Waals surface area contributed by atoms with Crippen LogP contribution in [0.3, 0.4) is 0 Å². The number of hydrogen-bond donors (Lipinski definition) is 0. The van der Waals surface area contributed by atoms with Crippen LogP contribution in [0.25, 0.3) is 0 Å². The van der Waals surface area contributed by atoms with E-state index in [1.807, 2.05) is 13.8 Å². The van der Waals surface area contributed by atoms with E-state index in [0.29, 0.717) is 30.3 Å². The zero-order valence-electron chi connectivity index (χ0n) is 12.2. The predicted molar refractivity (Wildman–Crippen MR) is 77.5 cm³/mol. The van der Waals surface area contributed by atoms with Gasteiger partial charge in [0.15, 0.2) is 11.5 Å². The average molecular weight is 313 g/mol. The van der Waals surface area contributed by atoms with Gasteiger partial charge in [-0.1, -0.05) is 25.4 Å². The minimum atomic E-state index is -0.896. The molecule has 0 aromatic heterocycles. The van der Waals surface area contributed by atoms with Crippen molar-refractivity contribution in [1.82, 2.24) is 0 Å². The Bertz CT molecular complexity index is 580. The number of carbonyl (C=O) groups is 2. The Balaban J connectivity index is 2.57. The molecular weight excluding hydrogens is 296 g/mol. The molecule has 21 heavy (non-hydrogen) atoms. The summed E-state index contributed by atoms with van der Waals surface area (Å²) in [5.41, 5.74) is 0.824. The molecule has 0 amide bonds. The topological polar surface area (TPSA) is 61.8 Å². The summed E-state index contributed by atoms with van der Waals surface area (Å²) in [6, 6.07) is 1.45. The first-order valence-corrected chi connectivity index (χ1v) is 7.18. The highest BCUT2D eigenvalue weighted by molar-refractivity contribution is 6.42. The fourth-order valence-electron chi connectivity index (χ4n) is 2.26. The first kappa shape index (κ1) is 15.6. The van der Waals surface area contributed by atoms with Crippen LogP contribution in [0, 0.1) is 0 Å². The second kappa shape index (κ2) is 6.35. The van der Waals surface area contributed by atoms with Crippen molar-refractivity contribution in [2.75, 3.05) is 19.8 Å². The molecule has 0 saturated heterocycles. The van der Waals surface area contributed by atoms with Gasteiger partial charge in [-0.2, -0.15) is 0 Å². The van der Waals surface area contributed by atoms with Gasteiger partial charge in [0.25, 0.3) is 5.78 Å². The van der Waals surface area contributed by atoms with Gasteiger partial charge in [-0.3, -0.25) is 4.79 Å². The first-order chi connectivity index (χ1) is 9.97. The molecule has 1 aliphatic rings. The molecule has 0 saturated carbocycles. The zero-order chi connectivity index (χ0) is 15.6. The predicted octanol–water partition coefficient (Wildman–Crippen LogP) is 2.98. The van der Waals surface area contributed by atoms with E-state index in [4.69, 9.17) is 25.8 Å². The number of Topliss-reactive ketones (excluding diaryl/α,β-unsaturated/α-hetero) is 1. The van der Waals surface area contributed by atoms with E-state index < -0.39 is 11.8 Å². The van der Waals surface area contributed by atoms with Crippen LogP contribution in [0.1, 0.15) is 42.6 Å². The third kappa shape index (κ3) is 2.97. The second-order valence-electron chi connectivity index (χ2n) is 4.88. The molecule has 1 aromatic carbocycles. The van der Waals surface area contributed by atoms with Crippen LogP contribution < -0.4 is 9.47 Å². The Morgan fingerprint density at radius 2 is 1.90 bits per heavy atom. The van der Waals surface area contributed by atoms with Gasteiger partial charge in [0.2, 0.25) is 0 Å². The molecule has 6 heteroatoms. The molecule has 5 nitrogen and oxygen atoms in total. The van der Waals surface area contributed by atoms with E-state index in [1.54, 1.807) is 6.92 Å². The minimum absolute atomic E-state index is 0.0360. The number of esters is 1. The van der Waals surface area contributed by atoms with Gasteiger partial charge in [0.1, 0.15) is 13.2 Å². The Morgan fingerprint density at radius 1 is 1.29 bits per heavy atom. The van der Waals surface area contributed by atoms with E-state index >= 15 is 0 Å². The Morgan fingerprint density at radius 3 is 2.48 bits per heavy atom. The summed E-state index contributed by atoms with van der Waals surface area (Å²) in [6.45, 7) is 6.37. The minimum Gasteiger partial charge on any atom is -0.486 e. The van der Waals surface area contributed by atoms with E-state index in [9.17, 15) is 9.59 Å². The zero-order valence-corrected chi connectivity index (χ0v) is 13.0. The number of ether oxygens (including phenoxy) is 3. The van der Waals surface area contributed by atoms with Gasteiger partial charge in [-0.15, -0.1) is 0 Å². The molecule has 114 valence electrons. The summed E-state index contributed by atoms with van der Waals surface area (Å²) in [7, 11) is 0. The van der Waals surface area contributed by atoms with Gasteiger partial charge in [-0.25, -0.2) is 4.79 Å². The molecule has 0 spiro atoms. The van der Waals surface area contributed by atoms with Crippen molar-refractivity contribution in [3.8, 4) is 11.5 Å². The molecule has 0 aliphatic carbocycles. The van der Waals surface area contributed by atoms with Gasteiger partial charge < -0.3 is 14.2 Å². The molecule has 0 unspecified atom stereocenters. The van der Waals surface area contributed by atoms with Gasteiger partial charge >= 0.3 is 5.97 Å². The molecular formula is C15H17ClO5.